The van der Waals surface area contributed by atoms with Crippen molar-refractivity contribution in [3.8, 4) is 0 Å². The van der Waals surface area contributed by atoms with Crippen LogP contribution in [0.3, 0.4) is 0 Å². The van der Waals surface area contributed by atoms with Gasteiger partial charge in [0.25, 0.3) is 0 Å². The van der Waals surface area contributed by atoms with Gasteiger partial charge in [0.05, 0.1) is 0 Å². The predicted molar refractivity (Wildman–Crippen MR) is 61.9 cm³/mol. The van der Waals surface area contributed by atoms with Crippen molar-refractivity contribution in [2.24, 2.45) is 0 Å². The highest BCUT2D eigenvalue weighted by Crippen LogP contribution is 2.11. The van der Waals surface area contributed by atoms with E-state index in [1.165, 1.54) is 6.92 Å². The Kier molecular flexibility index (Phi) is 4.40. The van der Waals surface area contributed by atoms with E-state index in [1.807, 2.05) is 36.4 Å². The van der Waals surface area contributed by atoms with Gasteiger partial charge >= 0.3 is 0 Å². The van der Waals surface area contributed by atoms with E-state index >= 15 is 0 Å². The fourth-order valence-electron chi connectivity index (χ4n) is 0.972. The van der Waals surface area contributed by atoms with Crippen LogP contribution in [0, 0.1) is 0 Å². The summed E-state index contributed by atoms with van der Waals surface area (Å²) < 4.78 is 1.07. The molecule has 0 aliphatic heterocycles. The monoisotopic (exact) mass is 253 g/mol. The predicted octanol–water partition coefficient (Wildman–Crippen LogP) is 2.60. The number of nitrogens with one attached hydrogen (secondary N) is 1. The molecule has 1 amide bonds. The van der Waals surface area contributed by atoms with Crippen LogP contribution in [0.15, 0.2) is 34.8 Å². The lowest BCUT2D eigenvalue weighted by molar-refractivity contribution is -0.118. The Morgan fingerprint density at radius 1 is 1.43 bits per heavy atom. The van der Waals surface area contributed by atoms with Crippen molar-refractivity contribution < 1.29 is 4.79 Å². The molecule has 0 fully saturated rings. The van der Waals surface area contributed by atoms with Gasteiger partial charge in [0.2, 0.25) is 5.91 Å². The summed E-state index contributed by atoms with van der Waals surface area (Å²) in [5.74, 6) is -0.00884. The van der Waals surface area contributed by atoms with Gasteiger partial charge in [0.1, 0.15) is 0 Å². The third kappa shape index (κ3) is 4.23. The molecule has 0 spiro atoms. The minimum Gasteiger partial charge on any atom is -0.353 e. The summed E-state index contributed by atoms with van der Waals surface area (Å²) in [6, 6.07) is 7.98. The maximum atomic E-state index is 10.5. The molecule has 0 atom stereocenters. The molecule has 0 saturated carbocycles. The molecule has 1 aromatic carbocycles. The van der Waals surface area contributed by atoms with Crippen molar-refractivity contribution in [3.63, 3.8) is 0 Å². The number of hydrogen-bond donors (Lipinski definition) is 1. The molecule has 14 heavy (non-hydrogen) atoms. The number of halogens is 1. The molecule has 0 radical (unpaired) electrons. The first kappa shape index (κ1) is 11.0. The molecule has 2 nitrogen and oxygen atoms in total. The average molecular weight is 254 g/mol. The minimum absolute atomic E-state index is 0.00884. The lowest BCUT2D eigenvalue weighted by Gasteiger charge is -1.95. The number of amides is 1. The first-order valence-electron chi connectivity index (χ1n) is 4.35. The average Bonchev–Trinajstić information content (AvgIpc) is 2.15. The second-order valence-electron chi connectivity index (χ2n) is 2.89. The van der Waals surface area contributed by atoms with E-state index < -0.39 is 0 Å². The Labute approximate surface area is 92.1 Å². The lowest BCUT2D eigenvalue weighted by Crippen LogP contribution is -2.19. The number of carbonyl (C=O) groups excluding carboxylic acids is 1. The Morgan fingerprint density at radius 2 is 2.07 bits per heavy atom. The van der Waals surface area contributed by atoms with Crippen LogP contribution in [0.5, 0.6) is 0 Å². The van der Waals surface area contributed by atoms with E-state index in [4.69, 9.17) is 0 Å². The third-order valence-electron chi connectivity index (χ3n) is 1.65. The standard InChI is InChI=1S/C11H12BrNO/c1-9(14)13-8-2-3-10-4-6-11(12)7-5-10/h2-7H,8H2,1H3,(H,13,14). The molecule has 0 heterocycles. The third-order valence-corrected chi connectivity index (χ3v) is 2.18. The highest BCUT2D eigenvalue weighted by molar-refractivity contribution is 9.10. The molecular formula is C11H12BrNO. The summed E-state index contributed by atoms with van der Waals surface area (Å²) in [5, 5.41) is 2.69. The van der Waals surface area contributed by atoms with Crippen molar-refractivity contribution in [1.82, 2.24) is 5.32 Å². The lowest BCUT2D eigenvalue weighted by atomic mass is 10.2. The zero-order valence-corrected chi connectivity index (χ0v) is 9.54. The van der Waals surface area contributed by atoms with Crippen LogP contribution in [0.25, 0.3) is 6.08 Å². The van der Waals surface area contributed by atoms with E-state index in [0.717, 1.165) is 10.0 Å². The first-order chi connectivity index (χ1) is 6.68. The number of benzene rings is 1. The number of carbonyl (C=O) groups is 1. The van der Waals surface area contributed by atoms with Crippen molar-refractivity contribution in [2.45, 2.75) is 6.92 Å². The summed E-state index contributed by atoms with van der Waals surface area (Å²) in [6.45, 7) is 2.08. The Hall–Kier alpha value is -1.09. The molecule has 1 N–H and O–H groups in total. The molecular weight excluding hydrogens is 242 g/mol. The van der Waals surface area contributed by atoms with Crippen molar-refractivity contribution in [1.29, 1.82) is 0 Å². The molecule has 0 aromatic heterocycles. The van der Waals surface area contributed by atoms with Crippen LogP contribution >= 0.6 is 15.9 Å². The molecule has 0 aliphatic rings. The molecule has 1 aromatic rings. The smallest absolute Gasteiger partial charge is 0.217 e. The summed E-state index contributed by atoms with van der Waals surface area (Å²) in [4.78, 5) is 10.5. The van der Waals surface area contributed by atoms with Gasteiger partial charge in [0, 0.05) is 17.9 Å². The van der Waals surface area contributed by atoms with Gasteiger partial charge in [-0.3, -0.25) is 4.79 Å². The van der Waals surface area contributed by atoms with E-state index in [9.17, 15) is 4.79 Å². The highest BCUT2D eigenvalue weighted by atomic mass is 79.9. The maximum absolute atomic E-state index is 10.5. The second-order valence-corrected chi connectivity index (χ2v) is 3.81. The van der Waals surface area contributed by atoms with E-state index in [-0.39, 0.29) is 5.91 Å². The SMILES string of the molecule is CC(=O)NCC=Cc1ccc(Br)cc1. The van der Waals surface area contributed by atoms with Gasteiger partial charge in [-0.05, 0) is 17.7 Å². The van der Waals surface area contributed by atoms with Crippen LogP contribution in [0.1, 0.15) is 12.5 Å². The van der Waals surface area contributed by atoms with Gasteiger partial charge < -0.3 is 5.32 Å². The largest absolute Gasteiger partial charge is 0.353 e. The van der Waals surface area contributed by atoms with Gasteiger partial charge in [-0.1, -0.05) is 40.2 Å². The van der Waals surface area contributed by atoms with Crippen molar-refractivity contribution in [3.05, 3.63) is 40.4 Å². The van der Waals surface area contributed by atoms with Crippen LogP contribution in [0.4, 0.5) is 0 Å². The second kappa shape index (κ2) is 5.60. The van der Waals surface area contributed by atoms with E-state index in [1.54, 1.807) is 0 Å². The van der Waals surface area contributed by atoms with E-state index in [2.05, 4.69) is 21.2 Å². The molecule has 3 heteroatoms. The van der Waals surface area contributed by atoms with Crippen LogP contribution in [-0.4, -0.2) is 12.5 Å². The quantitative estimate of drug-likeness (QED) is 0.882. The van der Waals surface area contributed by atoms with Crippen LogP contribution in [-0.2, 0) is 4.79 Å². The van der Waals surface area contributed by atoms with Crippen molar-refractivity contribution >= 4 is 27.9 Å². The Bertz CT molecular complexity index is 330. The van der Waals surface area contributed by atoms with Crippen LogP contribution in [0.2, 0.25) is 0 Å². The molecule has 0 bridgehead atoms. The molecule has 74 valence electrons. The maximum Gasteiger partial charge on any atom is 0.217 e. The molecule has 0 unspecified atom stereocenters. The van der Waals surface area contributed by atoms with Gasteiger partial charge in [-0.15, -0.1) is 0 Å². The summed E-state index contributed by atoms with van der Waals surface area (Å²) in [5.41, 5.74) is 1.12. The molecule has 1 rings (SSSR count). The van der Waals surface area contributed by atoms with Gasteiger partial charge in [-0.2, -0.15) is 0 Å². The number of hydrogen-bond acceptors (Lipinski definition) is 1. The van der Waals surface area contributed by atoms with Crippen LogP contribution < -0.4 is 5.32 Å². The molecule has 0 saturated heterocycles. The van der Waals surface area contributed by atoms with Gasteiger partial charge in [0.15, 0.2) is 0 Å². The fourth-order valence-corrected chi connectivity index (χ4v) is 1.24. The van der Waals surface area contributed by atoms with Gasteiger partial charge in [-0.25, -0.2) is 0 Å². The Balaban J connectivity index is 2.44. The summed E-state index contributed by atoms with van der Waals surface area (Å²) >= 11 is 3.37. The normalized spacial score (nSPS) is 10.4. The summed E-state index contributed by atoms with van der Waals surface area (Å²) in [6.07, 6.45) is 3.90. The highest BCUT2D eigenvalue weighted by Gasteiger charge is 1.87. The van der Waals surface area contributed by atoms with E-state index in [0.29, 0.717) is 6.54 Å². The zero-order chi connectivity index (χ0) is 10.4. The molecule has 0 aliphatic carbocycles. The Morgan fingerprint density at radius 3 is 2.64 bits per heavy atom. The van der Waals surface area contributed by atoms with Crippen molar-refractivity contribution in [2.75, 3.05) is 6.54 Å². The minimum atomic E-state index is -0.00884. The number of rotatable bonds is 3. The fraction of sp³-hybridized carbons (Fsp3) is 0.182. The topological polar surface area (TPSA) is 29.1 Å². The zero-order valence-electron chi connectivity index (χ0n) is 7.96. The summed E-state index contributed by atoms with van der Waals surface area (Å²) in [7, 11) is 0. The first-order valence-corrected chi connectivity index (χ1v) is 5.14.